The first-order valence-corrected chi connectivity index (χ1v) is 8.56. The lowest BCUT2D eigenvalue weighted by Gasteiger charge is -2.22. The van der Waals surface area contributed by atoms with Gasteiger partial charge in [-0.05, 0) is 31.9 Å². The first kappa shape index (κ1) is 20.3. The molecule has 1 aliphatic rings. The Kier molecular flexibility index (Phi) is 12.1. The van der Waals surface area contributed by atoms with Gasteiger partial charge in [-0.15, -0.1) is 24.0 Å². The molecule has 0 bridgehead atoms. The number of ether oxygens (including phenoxy) is 1. The number of rotatable bonds is 9. The molecule has 0 saturated heterocycles. The molecule has 0 aromatic rings. The molecular formula is C14H30IN3OS. The van der Waals surface area contributed by atoms with Gasteiger partial charge < -0.3 is 15.0 Å². The third-order valence-electron chi connectivity index (χ3n) is 3.22. The van der Waals surface area contributed by atoms with Crippen molar-refractivity contribution in [2.45, 2.75) is 31.9 Å². The monoisotopic (exact) mass is 415 g/mol. The summed E-state index contributed by atoms with van der Waals surface area (Å²) >= 11 is 1.85. The van der Waals surface area contributed by atoms with Crippen molar-refractivity contribution in [2.24, 2.45) is 10.9 Å². The fraction of sp³-hybridized carbons (Fsp3) is 0.929. The molecule has 1 saturated carbocycles. The molecule has 0 aliphatic heterocycles. The summed E-state index contributed by atoms with van der Waals surface area (Å²) in [5, 5.41) is 3.90. The first-order valence-electron chi connectivity index (χ1n) is 7.27. The highest BCUT2D eigenvalue weighted by atomic mass is 127. The van der Waals surface area contributed by atoms with E-state index in [0.29, 0.717) is 5.25 Å². The third-order valence-corrected chi connectivity index (χ3v) is 4.17. The van der Waals surface area contributed by atoms with Crippen LogP contribution in [0.3, 0.4) is 0 Å². The van der Waals surface area contributed by atoms with Crippen molar-refractivity contribution in [2.75, 3.05) is 46.2 Å². The molecule has 0 aromatic heterocycles. The number of guanidine groups is 1. The largest absolute Gasteiger partial charge is 0.379 e. The maximum absolute atomic E-state index is 5.67. The average Bonchev–Trinajstić information content (AvgIpc) is 3.22. The predicted octanol–water partition coefficient (Wildman–Crippen LogP) is 2.68. The molecule has 1 unspecified atom stereocenters. The fourth-order valence-electron chi connectivity index (χ4n) is 1.60. The Morgan fingerprint density at radius 1 is 1.50 bits per heavy atom. The summed E-state index contributed by atoms with van der Waals surface area (Å²) in [5.41, 5.74) is 0. The summed E-state index contributed by atoms with van der Waals surface area (Å²) in [7, 11) is 2.08. The fourth-order valence-corrected chi connectivity index (χ4v) is 1.82. The van der Waals surface area contributed by atoms with Crippen LogP contribution in [0.25, 0.3) is 0 Å². The average molecular weight is 415 g/mol. The van der Waals surface area contributed by atoms with Crippen LogP contribution in [0.1, 0.15) is 26.7 Å². The Bertz CT molecular complexity index is 275. The normalized spacial score (nSPS) is 16.5. The van der Waals surface area contributed by atoms with Gasteiger partial charge in [0.25, 0.3) is 0 Å². The molecule has 1 atom stereocenters. The van der Waals surface area contributed by atoms with Crippen LogP contribution in [-0.4, -0.2) is 62.3 Å². The molecule has 6 heteroatoms. The molecular weight excluding hydrogens is 385 g/mol. The number of nitrogens with one attached hydrogen (secondary N) is 1. The molecule has 1 rings (SSSR count). The molecule has 1 aliphatic carbocycles. The highest BCUT2D eigenvalue weighted by Gasteiger charge is 2.21. The van der Waals surface area contributed by atoms with Crippen molar-refractivity contribution in [3.8, 4) is 0 Å². The number of thioether (sulfide) groups is 1. The van der Waals surface area contributed by atoms with Crippen LogP contribution < -0.4 is 5.32 Å². The van der Waals surface area contributed by atoms with Gasteiger partial charge in [-0.1, -0.05) is 6.92 Å². The van der Waals surface area contributed by atoms with Crippen LogP contribution in [0.4, 0.5) is 0 Å². The van der Waals surface area contributed by atoms with Crippen molar-refractivity contribution >= 4 is 41.7 Å². The number of nitrogens with zero attached hydrogens (tertiary/aromatic N) is 2. The maximum atomic E-state index is 5.67. The number of aliphatic imine (C=N–C) groups is 1. The van der Waals surface area contributed by atoms with E-state index in [1.54, 1.807) is 0 Å². The van der Waals surface area contributed by atoms with E-state index in [2.05, 4.69) is 42.4 Å². The van der Waals surface area contributed by atoms with E-state index >= 15 is 0 Å². The number of halogens is 1. The summed E-state index contributed by atoms with van der Waals surface area (Å²) in [4.78, 5) is 6.82. The van der Waals surface area contributed by atoms with Crippen molar-refractivity contribution in [3.05, 3.63) is 0 Å². The van der Waals surface area contributed by atoms with Gasteiger partial charge in [-0.3, -0.25) is 4.99 Å². The van der Waals surface area contributed by atoms with Gasteiger partial charge in [0.05, 0.1) is 13.2 Å². The van der Waals surface area contributed by atoms with Gasteiger partial charge in [0.15, 0.2) is 5.96 Å². The summed E-state index contributed by atoms with van der Waals surface area (Å²) in [5.74, 6) is 1.83. The second kappa shape index (κ2) is 11.9. The minimum absolute atomic E-state index is 0. The highest BCUT2D eigenvalue weighted by molar-refractivity contribution is 14.0. The summed E-state index contributed by atoms with van der Waals surface area (Å²) in [6.07, 6.45) is 4.83. The molecule has 1 fully saturated rings. The van der Waals surface area contributed by atoms with E-state index in [1.807, 2.05) is 11.8 Å². The first-order chi connectivity index (χ1) is 9.17. The zero-order valence-corrected chi connectivity index (χ0v) is 16.4. The molecule has 120 valence electrons. The number of likely N-dealkylation sites (N-methyl/N-ethyl adjacent to an activating group) is 1. The van der Waals surface area contributed by atoms with Crippen molar-refractivity contribution in [1.82, 2.24) is 10.2 Å². The van der Waals surface area contributed by atoms with Crippen LogP contribution in [0, 0.1) is 5.92 Å². The highest BCUT2D eigenvalue weighted by Crippen LogP contribution is 2.28. The van der Waals surface area contributed by atoms with Gasteiger partial charge in [0, 0.05) is 32.0 Å². The van der Waals surface area contributed by atoms with Crippen molar-refractivity contribution in [3.63, 3.8) is 0 Å². The SMILES string of the molecule is CCNC(=NCC(C)SC)N(C)CCOCC1CC1.I. The van der Waals surface area contributed by atoms with Gasteiger partial charge in [-0.2, -0.15) is 11.8 Å². The van der Waals surface area contributed by atoms with E-state index in [4.69, 9.17) is 4.74 Å². The van der Waals surface area contributed by atoms with Crippen LogP contribution in [0.5, 0.6) is 0 Å². The van der Waals surface area contributed by atoms with Gasteiger partial charge in [0.1, 0.15) is 0 Å². The minimum atomic E-state index is 0. The molecule has 0 spiro atoms. The van der Waals surface area contributed by atoms with E-state index in [0.717, 1.165) is 44.7 Å². The Morgan fingerprint density at radius 2 is 2.20 bits per heavy atom. The Hall–Kier alpha value is 0.310. The molecule has 0 aromatic carbocycles. The molecule has 20 heavy (non-hydrogen) atoms. The molecule has 1 N–H and O–H groups in total. The number of hydrogen-bond acceptors (Lipinski definition) is 3. The van der Waals surface area contributed by atoms with Crippen molar-refractivity contribution < 1.29 is 4.74 Å². The Balaban J connectivity index is 0.00000361. The second-order valence-corrected chi connectivity index (χ2v) is 6.46. The molecule has 0 radical (unpaired) electrons. The van der Waals surface area contributed by atoms with Crippen LogP contribution >= 0.6 is 35.7 Å². The van der Waals surface area contributed by atoms with E-state index in [1.165, 1.54) is 12.8 Å². The van der Waals surface area contributed by atoms with E-state index < -0.39 is 0 Å². The summed E-state index contributed by atoms with van der Waals surface area (Å²) in [6, 6.07) is 0. The topological polar surface area (TPSA) is 36.9 Å². The van der Waals surface area contributed by atoms with Crippen LogP contribution in [-0.2, 0) is 4.74 Å². The van der Waals surface area contributed by atoms with Crippen molar-refractivity contribution in [1.29, 1.82) is 0 Å². The van der Waals surface area contributed by atoms with Crippen LogP contribution in [0.2, 0.25) is 0 Å². The lowest BCUT2D eigenvalue weighted by atomic mass is 10.4. The maximum Gasteiger partial charge on any atom is 0.193 e. The van der Waals surface area contributed by atoms with Gasteiger partial charge >= 0.3 is 0 Å². The molecule has 4 nitrogen and oxygen atoms in total. The zero-order chi connectivity index (χ0) is 14.1. The minimum Gasteiger partial charge on any atom is -0.379 e. The summed E-state index contributed by atoms with van der Waals surface area (Å²) < 4.78 is 5.67. The van der Waals surface area contributed by atoms with Crippen LogP contribution in [0.15, 0.2) is 4.99 Å². The smallest absolute Gasteiger partial charge is 0.193 e. The second-order valence-electron chi connectivity index (χ2n) is 5.18. The van der Waals surface area contributed by atoms with E-state index in [9.17, 15) is 0 Å². The molecule has 0 amide bonds. The Morgan fingerprint density at radius 3 is 2.75 bits per heavy atom. The number of hydrogen-bond donors (Lipinski definition) is 1. The Labute approximate surface area is 145 Å². The lowest BCUT2D eigenvalue weighted by Crippen LogP contribution is -2.41. The molecule has 0 heterocycles. The third kappa shape index (κ3) is 9.28. The van der Waals surface area contributed by atoms with E-state index in [-0.39, 0.29) is 24.0 Å². The lowest BCUT2D eigenvalue weighted by molar-refractivity contribution is 0.115. The van der Waals surface area contributed by atoms with Gasteiger partial charge in [0.2, 0.25) is 0 Å². The standard InChI is InChI=1S/C14H29N3OS.HI/c1-5-15-14(16-10-12(2)19-4)17(3)8-9-18-11-13-6-7-13;/h12-13H,5-11H2,1-4H3,(H,15,16);1H. The predicted molar refractivity (Wildman–Crippen MR) is 101 cm³/mol. The summed E-state index contributed by atoms with van der Waals surface area (Å²) in [6.45, 7) is 8.69. The quantitative estimate of drug-likeness (QED) is 0.272. The zero-order valence-electron chi connectivity index (χ0n) is 13.2. The van der Waals surface area contributed by atoms with Gasteiger partial charge in [-0.25, -0.2) is 0 Å².